The van der Waals surface area contributed by atoms with Gasteiger partial charge in [0.05, 0.1) is 19.8 Å². The minimum absolute atomic E-state index is 0.148. The molecule has 0 fully saturated rings. The quantitative estimate of drug-likeness (QED) is 0.684. The van der Waals surface area contributed by atoms with E-state index in [9.17, 15) is 4.79 Å². The molecular weight excluding hydrogens is 220 g/mol. The number of hydrogen-bond acceptors (Lipinski definition) is 4. The van der Waals surface area contributed by atoms with Gasteiger partial charge in [-0.3, -0.25) is 4.79 Å². The van der Waals surface area contributed by atoms with Gasteiger partial charge in [0.2, 0.25) is 0 Å². The number of aldehydes is 1. The molecular formula is C13H18O4. The first-order valence-electron chi connectivity index (χ1n) is 5.50. The summed E-state index contributed by atoms with van der Waals surface area (Å²) in [6.07, 6.45) is 1.71. The van der Waals surface area contributed by atoms with Gasteiger partial charge in [-0.15, -0.1) is 0 Å². The lowest BCUT2D eigenvalue weighted by Crippen LogP contribution is -2.10. The Balaban J connectivity index is 2.64. The highest BCUT2D eigenvalue weighted by molar-refractivity contribution is 5.76. The van der Waals surface area contributed by atoms with Crippen LogP contribution in [0, 0.1) is 0 Å². The van der Waals surface area contributed by atoms with E-state index in [1.54, 1.807) is 32.4 Å². The van der Waals surface area contributed by atoms with Crippen molar-refractivity contribution >= 4 is 6.29 Å². The van der Waals surface area contributed by atoms with Crippen LogP contribution in [0.2, 0.25) is 0 Å². The van der Waals surface area contributed by atoms with Crippen molar-refractivity contribution in [2.24, 2.45) is 0 Å². The number of methoxy groups -OCH3 is 2. The number of carbonyl (C=O) groups is 1. The van der Waals surface area contributed by atoms with Crippen molar-refractivity contribution in [1.82, 2.24) is 0 Å². The molecule has 0 aliphatic carbocycles. The highest BCUT2D eigenvalue weighted by Gasteiger charge is 2.06. The Morgan fingerprint density at radius 2 is 2.06 bits per heavy atom. The maximum absolute atomic E-state index is 10.7. The van der Waals surface area contributed by atoms with Crippen LogP contribution in [0.3, 0.4) is 0 Å². The van der Waals surface area contributed by atoms with E-state index in [0.717, 1.165) is 12.7 Å². The van der Waals surface area contributed by atoms with E-state index in [2.05, 4.69) is 0 Å². The molecule has 0 saturated carbocycles. The van der Waals surface area contributed by atoms with Gasteiger partial charge < -0.3 is 14.2 Å². The maximum atomic E-state index is 10.7. The van der Waals surface area contributed by atoms with E-state index >= 15 is 0 Å². The average molecular weight is 238 g/mol. The summed E-state index contributed by atoms with van der Waals surface area (Å²) in [5.41, 5.74) is 0.570. The van der Waals surface area contributed by atoms with Crippen LogP contribution in [0.5, 0.6) is 11.5 Å². The fourth-order valence-electron chi connectivity index (χ4n) is 1.33. The van der Waals surface area contributed by atoms with Gasteiger partial charge in [0.1, 0.15) is 6.29 Å². The molecule has 0 aliphatic heterocycles. The van der Waals surface area contributed by atoms with Crippen LogP contribution in [-0.4, -0.2) is 33.2 Å². The molecule has 0 bridgehead atoms. The Morgan fingerprint density at radius 3 is 2.65 bits per heavy atom. The van der Waals surface area contributed by atoms with Crippen LogP contribution in [0.4, 0.5) is 0 Å². The van der Waals surface area contributed by atoms with Crippen molar-refractivity contribution < 1.29 is 19.0 Å². The van der Waals surface area contributed by atoms with Gasteiger partial charge in [0.25, 0.3) is 0 Å². The fourth-order valence-corrected chi connectivity index (χ4v) is 1.33. The van der Waals surface area contributed by atoms with Crippen molar-refractivity contribution in [3.63, 3.8) is 0 Å². The third kappa shape index (κ3) is 4.07. The van der Waals surface area contributed by atoms with Gasteiger partial charge >= 0.3 is 0 Å². The van der Waals surface area contributed by atoms with E-state index in [0.29, 0.717) is 23.7 Å². The SMILES string of the molecule is COc1ccc(C=O)cc1OCCC(C)OC. The zero-order valence-corrected chi connectivity index (χ0v) is 10.4. The minimum atomic E-state index is 0.148. The molecule has 1 unspecified atom stereocenters. The first-order valence-corrected chi connectivity index (χ1v) is 5.50. The molecule has 1 aromatic rings. The highest BCUT2D eigenvalue weighted by atomic mass is 16.5. The van der Waals surface area contributed by atoms with E-state index in [4.69, 9.17) is 14.2 Å². The number of rotatable bonds is 7. The Bertz CT molecular complexity index is 362. The Morgan fingerprint density at radius 1 is 1.29 bits per heavy atom. The summed E-state index contributed by atoms with van der Waals surface area (Å²) in [5.74, 6) is 1.21. The summed E-state index contributed by atoms with van der Waals surface area (Å²) in [6.45, 7) is 2.50. The first-order chi connectivity index (χ1) is 8.21. The monoisotopic (exact) mass is 238 g/mol. The van der Waals surface area contributed by atoms with Gasteiger partial charge in [0.15, 0.2) is 11.5 Å². The van der Waals surface area contributed by atoms with Gasteiger partial charge in [0, 0.05) is 19.1 Å². The topological polar surface area (TPSA) is 44.8 Å². The van der Waals surface area contributed by atoms with Crippen molar-refractivity contribution in [1.29, 1.82) is 0 Å². The molecule has 0 aromatic heterocycles. The summed E-state index contributed by atoms with van der Waals surface area (Å²) >= 11 is 0. The van der Waals surface area contributed by atoms with Crippen LogP contribution in [0.25, 0.3) is 0 Å². The summed E-state index contributed by atoms with van der Waals surface area (Å²) in [5, 5.41) is 0. The Hall–Kier alpha value is -1.55. The molecule has 94 valence electrons. The second-order valence-electron chi connectivity index (χ2n) is 3.71. The zero-order chi connectivity index (χ0) is 12.7. The predicted molar refractivity (Wildman–Crippen MR) is 65.0 cm³/mol. The van der Waals surface area contributed by atoms with Crippen molar-refractivity contribution in [2.45, 2.75) is 19.4 Å². The lowest BCUT2D eigenvalue weighted by Gasteiger charge is -2.13. The van der Waals surface area contributed by atoms with Crippen LogP contribution in [0.1, 0.15) is 23.7 Å². The molecule has 0 spiro atoms. The summed E-state index contributed by atoms with van der Waals surface area (Å²) in [4.78, 5) is 10.7. The molecule has 0 saturated heterocycles. The van der Waals surface area contributed by atoms with E-state index in [1.807, 2.05) is 6.92 Å². The normalized spacial score (nSPS) is 11.9. The molecule has 17 heavy (non-hydrogen) atoms. The van der Waals surface area contributed by atoms with Crippen LogP contribution >= 0.6 is 0 Å². The molecule has 0 heterocycles. The molecule has 0 radical (unpaired) electrons. The molecule has 4 heteroatoms. The van der Waals surface area contributed by atoms with Gasteiger partial charge in [-0.2, -0.15) is 0 Å². The van der Waals surface area contributed by atoms with Gasteiger partial charge in [-0.25, -0.2) is 0 Å². The van der Waals surface area contributed by atoms with E-state index in [1.165, 1.54) is 0 Å². The molecule has 4 nitrogen and oxygen atoms in total. The van der Waals surface area contributed by atoms with Gasteiger partial charge in [-0.05, 0) is 25.1 Å². The second kappa shape index (κ2) is 6.91. The average Bonchev–Trinajstić information content (AvgIpc) is 2.38. The molecule has 1 atom stereocenters. The maximum Gasteiger partial charge on any atom is 0.161 e. The van der Waals surface area contributed by atoms with Crippen molar-refractivity contribution in [3.8, 4) is 11.5 Å². The van der Waals surface area contributed by atoms with E-state index < -0.39 is 0 Å². The van der Waals surface area contributed by atoms with Gasteiger partial charge in [-0.1, -0.05) is 0 Å². The lowest BCUT2D eigenvalue weighted by atomic mass is 10.2. The predicted octanol–water partition coefficient (Wildman–Crippen LogP) is 2.31. The van der Waals surface area contributed by atoms with Crippen LogP contribution in [0.15, 0.2) is 18.2 Å². The van der Waals surface area contributed by atoms with Crippen molar-refractivity contribution in [2.75, 3.05) is 20.8 Å². The molecule has 0 amide bonds. The highest BCUT2D eigenvalue weighted by Crippen LogP contribution is 2.27. The Kier molecular flexibility index (Phi) is 5.49. The molecule has 0 aliphatic rings. The minimum Gasteiger partial charge on any atom is -0.493 e. The smallest absolute Gasteiger partial charge is 0.161 e. The summed E-state index contributed by atoms with van der Waals surface area (Å²) in [7, 11) is 3.23. The number of hydrogen-bond donors (Lipinski definition) is 0. The number of carbonyl (C=O) groups excluding carboxylic acids is 1. The van der Waals surface area contributed by atoms with E-state index in [-0.39, 0.29) is 6.10 Å². The second-order valence-corrected chi connectivity index (χ2v) is 3.71. The first kappa shape index (κ1) is 13.5. The lowest BCUT2D eigenvalue weighted by molar-refractivity contribution is 0.0949. The zero-order valence-electron chi connectivity index (χ0n) is 10.4. The fraction of sp³-hybridized carbons (Fsp3) is 0.462. The third-order valence-electron chi connectivity index (χ3n) is 2.51. The molecule has 1 aromatic carbocycles. The molecule has 1 rings (SSSR count). The molecule has 0 N–H and O–H groups in total. The summed E-state index contributed by atoms with van der Waals surface area (Å²) < 4.78 is 15.9. The van der Waals surface area contributed by atoms with Crippen LogP contribution in [-0.2, 0) is 4.74 Å². The summed E-state index contributed by atoms with van der Waals surface area (Å²) in [6, 6.07) is 5.08. The third-order valence-corrected chi connectivity index (χ3v) is 2.51. The largest absolute Gasteiger partial charge is 0.493 e. The Labute approximate surface area is 101 Å². The number of ether oxygens (including phenoxy) is 3. The van der Waals surface area contributed by atoms with Crippen molar-refractivity contribution in [3.05, 3.63) is 23.8 Å². The standard InChI is InChI=1S/C13H18O4/c1-10(15-2)6-7-17-13-8-11(9-14)4-5-12(13)16-3/h4-5,8-10H,6-7H2,1-3H3. The number of benzene rings is 1. The van der Waals surface area contributed by atoms with Crippen LogP contribution < -0.4 is 9.47 Å².